The Morgan fingerprint density at radius 3 is 2.08 bits per heavy atom. The molecule has 68 valence electrons. The van der Waals surface area contributed by atoms with Crippen LogP contribution in [-0.2, 0) is 0 Å². The fourth-order valence-corrected chi connectivity index (χ4v) is 0.730. The lowest BCUT2D eigenvalue weighted by atomic mass is 10.3. The maximum Gasteiger partial charge on any atom is 0.247 e. The molecule has 0 saturated heterocycles. The Hall–Kier alpha value is -1.05. The van der Waals surface area contributed by atoms with Crippen LogP contribution in [0.15, 0.2) is 29.2 Å². The average Bonchev–Trinajstić information content (AvgIpc) is 2.08. The summed E-state index contributed by atoms with van der Waals surface area (Å²) in [5.74, 6) is 0. The van der Waals surface area contributed by atoms with Crippen molar-refractivity contribution in [3.8, 4) is 0 Å². The molecule has 0 aliphatic carbocycles. The molecular weight excluding hydrogens is 150 g/mol. The Kier molecular flexibility index (Phi) is 7.35. The number of H-pyrrole nitrogens is 1. The zero-order valence-electron chi connectivity index (χ0n) is 7.84. The molecule has 0 aliphatic heterocycles. The number of pyridine rings is 1. The predicted molar refractivity (Wildman–Crippen MR) is 52.3 cm³/mol. The minimum absolute atomic E-state index is 0.0532. The third-order valence-electron chi connectivity index (χ3n) is 1.39. The highest BCUT2D eigenvalue weighted by molar-refractivity contribution is 4.89. The molecule has 2 nitrogen and oxygen atoms in total. The summed E-state index contributed by atoms with van der Waals surface area (Å²) >= 11 is 0. The van der Waals surface area contributed by atoms with E-state index < -0.39 is 0 Å². The second-order valence-electron chi connectivity index (χ2n) is 2.58. The van der Waals surface area contributed by atoms with E-state index in [0.29, 0.717) is 0 Å². The first-order valence-electron chi connectivity index (χ1n) is 4.45. The van der Waals surface area contributed by atoms with Gasteiger partial charge in [-0.25, -0.2) is 0 Å². The van der Waals surface area contributed by atoms with Crippen molar-refractivity contribution in [3.05, 3.63) is 34.7 Å². The van der Waals surface area contributed by atoms with Crippen LogP contribution in [0.25, 0.3) is 0 Å². The lowest BCUT2D eigenvalue weighted by molar-refractivity contribution is 0.772. The Morgan fingerprint density at radius 2 is 1.92 bits per heavy atom. The van der Waals surface area contributed by atoms with E-state index in [1.807, 2.05) is 0 Å². The van der Waals surface area contributed by atoms with Crippen LogP contribution in [0.5, 0.6) is 0 Å². The molecule has 1 aromatic rings. The number of hydrogen-bond donors (Lipinski definition) is 1. The zero-order chi connectivity index (χ0) is 9.23. The van der Waals surface area contributed by atoms with Crippen molar-refractivity contribution in [3.63, 3.8) is 0 Å². The first-order chi connectivity index (χ1) is 5.81. The van der Waals surface area contributed by atoms with Gasteiger partial charge in [0.15, 0.2) is 0 Å². The molecule has 0 spiro atoms. The highest BCUT2D eigenvalue weighted by Crippen LogP contribution is 1.88. The van der Waals surface area contributed by atoms with Crippen LogP contribution in [0.1, 0.15) is 33.1 Å². The maximum absolute atomic E-state index is 10.2. The van der Waals surface area contributed by atoms with E-state index in [1.165, 1.54) is 25.3 Å². The highest BCUT2D eigenvalue weighted by atomic mass is 16.1. The Morgan fingerprint density at radius 1 is 1.25 bits per heavy atom. The van der Waals surface area contributed by atoms with Crippen LogP contribution in [-0.4, -0.2) is 4.98 Å². The Labute approximate surface area is 73.6 Å². The van der Waals surface area contributed by atoms with Crippen molar-refractivity contribution in [1.82, 2.24) is 4.98 Å². The van der Waals surface area contributed by atoms with E-state index >= 15 is 0 Å². The average molecular weight is 167 g/mol. The third-order valence-corrected chi connectivity index (χ3v) is 1.39. The summed E-state index contributed by atoms with van der Waals surface area (Å²) in [6, 6.07) is 4.93. The van der Waals surface area contributed by atoms with Gasteiger partial charge < -0.3 is 4.98 Å². The van der Waals surface area contributed by atoms with Crippen LogP contribution in [0.4, 0.5) is 0 Å². The van der Waals surface area contributed by atoms with Crippen LogP contribution >= 0.6 is 0 Å². The van der Waals surface area contributed by atoms with Crippen LogP contribution < -0.4 is 5.56 Å². The topological polar surface area (TPSA) is 32.9 Å². The third kappa shape index (κ3) is 7.06. The second kappa shape index (κ2) is 8.05. The van der Waals surface area contributed by atoms with Gasteiger partial charge in [-0.1, -0.05) is 39.2 Å². The van der Waals surface area contributed by atoms with E-state index in [9.17, 15) is 4.79 Å². The molecule has 1 heterocycles. The van der Waals surface area contributed by atoms with Gasteiger partial charge in [0.2, 0.25) is 5.56 Å². The molecule has 0 aromatic carbocycles. The highest BCUT2D eigenvalue weighted by Gasteiger charge is 1.69. The molecule has 0 bridgehead atoms. The predicted octanol–water partition coefficient (Wildman–Crippen LogP) is 2.57. The molecular formula is C10H17NO. The lowest BCUT2D eigenvalue weighted by Gasteiger charge is -1.79. The fraction of sp³-hybridized carbons (Fsp3) is 0.500. The van der Waals surface area contributed by atoms with Crippen LogP contribution in [0.2, 0.25) is 0 Å². The molecule has 0 unspecified atom stereocenters. The Bertz CT molecular complexity index is 210. The molecule has 1 rings (SSSR count). The number of nitrogens with one attached hydrogen (secondary N) is 1. The second-order valence-corrected chi connectivity index (χ2v) is 2.58. The van der Waals surface area contributed by atoms with Crippen molar-refractivity contribution in [2.75, 3.05) is 0 Å². The van der Waals surface area contributed by atoms with Gasteiger partial charge in [-0.05, 0) is 6.07 Å². The summed E-state index contributed by atoms with van der Waals surface area (Å²) in [5, 5.41) is 0. The molecule has 0 atom stereocenters. The molecule has 0 aliphatic rings. The lowest BCUT2D eigenvalue weighted by Crippen LogP contribution is -1.98. The summed E-state index contributed by atoms with van der Waals surface area (Å²) < 4.78 is 0. The van der Waals surface area contributed by atoms with Crippen LogP contribution in [0, 0.1) is 0 Å². The number of aromatic nitrogens is 1. The van der Waals surface area contributed by atoms with E-state index in [0.717, 1.165) is 0 Å². The summed E-state index contributed by atoms with van der Waals surface area (Å²) in [6.07, 6.45) is 5.68. The number of aromatic amines is 1. The van der Waals surface area contributed by atoms with Gasteiger partial charge in [0.05, 0.1) is 0 Å². The van der Waals surface area contributed by atoms with Crippen molar-refractivity contribution in [1.29, 1.82) is 0 Å². The van der Waals surface area contributed by atoms with Crippen molar-refractivity contribution < 1.29 is 0 Å². The largest absolute Gasteiger partial charge is 0.329 e. The monoisotopic (exact) mass is 167 g/mol. The molecule has 0 saturated carbocycles. The molecule has 12 heavy (non-hydrogen) atoms. The minimum atomic E-state index is -0.0532. The normalized spacial score (nSPS) is 8.50. The molecule has 2 heteroatoms. The molecule has 0 amide bonds. The standard InChI is InChI=1S/C5H5NO.C5H12/c7-5-3-1-2-4-6-5;1-3-5-4-2/h1-4H,(H,6,7);3-5H2,1-2H3. The van der Waals surface area contributed by atoms with Gasteiger partial charge >= 0.3 is 0 Å². The van der Waals surface area contributed by atoms with Gasteiger partial charge in [0, 0.05) is 12.3 Å². The van der Waals surface area contributed by atoms with Gasteiger partial charge in [-0.15, -0.1) is 0 Å². The first-order valence-corrected chi connectivity index (χ1v) is 4.45. The molecule has 1 aromatic heterocycles. The molecule has 0 fully saturated rings. The summed E-state index contributed by atoms with van der Waals surface area (Å²) in [5.41, 5.74) is -0.0532. The van der Waals surface area contributed by atoms with Crippen molar-refractivity contribution in [2.24, 2.45) is 0 Å². The fourth-order valence-electron chi connectivity index (χ4n) is 0.730. The minimum Gasteiger partial charge on any atom is -0.329 e. The van der Waals surface area contributed by atoms with Crippen LogP contribution in [0.3, 0.4) is 0 Å². The maximum atomic E-state index is 10.2. The van der Waals surface area contributed by atoms with Gasteiger partial charge in [-0.2, -0.15) is 0 Å². The Balaban J connectivity index is 0.000000217. The summed E-state index contributed by atoms with van der Waals surface area (Å²) in [7, 11) is 0. The quantitative estimate of drug-likeness (QED) is 0.721. The first kappa shape index (κ1) is 11.0. The molecule has 0 radical (unpaired) electrons. The van der Waals surface area contributed by atoms with Crippen molar-refractivity contribution in [2.45, 2.75) is 33.1 Å². The van der Waals surface area contributed by atoms with Crippen molar-refractivity contribution >= 4 is 0 Å². The van der Waals surface area contributed by atoms with Gasteiger partial charge in [0.1, 0.15) is 0 Å². The number of unbranched alkanes of at least 4 members (excludes halogenated alkanes) is 2. The van der Waals surface area contributed by atoms with E-state index in [4.69, 9.17) is 0 Å². The van der Waals surface area contributed by atoms with Gasteiger partial charge in [0.25, 0.3) is 0 Å². The number of hydrogen-bond acceptors (Lipinski definition) is 1. The van der Waals surface area contributed by atoms with E-state index in [2.05, 4.69) is 18.8 Å². The smallest absolute Gasteiger partial charge is 0.247 e. The summed E-state index contributed by atoms with van der Waals surface area (Å²) in [4.78, 5) is 12.7. The number of rotatable bonds is 2. The zero-order valence-corrected chi connectivity index (χ0v) is 7.84. The summed E-state index contributed by atoms with van der Waals surface area (Å²) in [6.45, 7) is 4.42. The SMILES string of the molecule is CCCCC.O=c1cccc[nH]1. The van der Waals surface area contributed by atoms with E-state index in [1.54, 1.807) is 18.3 Å². The van der Waals surface area contributed by atoms with Gasteiger partial charge in [-0.3, -0.25) is 4.79 Å². The van der Waals surface area contributed by atoms with E-state index in [-0.39, 0.29) is 5.56 Å². The molecule has 1 N–H and O–H groups in total.